The monoisotopic (exact) mass is 342 g/mol. The Morgan fingerprint density at radius 1 is 1.41 bits per heavy atom. The molecule has 0 saturated heterocycles. The molecule has 2 aromatic rings. The van der Waals surface area contributed by atoms with E-state index in [9.17, 15) is 14.9 Å². The number of halogens is 2. The third-order valence-corrected chi connectivity index (χ3v) is 3.77. The highest BCUT2D eigenvalue weighted by molar-refractivity contribution is 6.42. The molecule has 0 fully saturated rings. The van der Waals surface area contributed by atoms with Crippen LogP contribution in [0.3, 0.4) is 0 Å². The number of carbonyl (C=O) groups is 1. The van der Waals surface area contributed by atoms with Crippen LogP contribution in [0, 0.1) is 17.0 Å². The second-order valence-corrected chi connectivity index (χ2v) is 5.34. The van der Waals surface area contributed by atoms with Gasteiger partial charge in [-0.05, 0) is 25.1 Å². The van der Waals surface area contributed by atoms with Crippen LogP contribution in [-0.4, -0.2) is 20.6 Å². The number of hydrogen-bond donors (Lipinski definition) is 1. The number of nitro groups is 1. The number of aromatic nitrogens is 2. The second kappa shape index (κ2) is 6.76. The predicted molar refractivity (Wildman–Crippen MR) is 83.3 cm³/mol. The zero-order valence-electron chi connectivity index (χ0n) is 11.5. The highest BCUT2D eigenvalue weighted by Gasteiger charge is 2.16. The number of nitrogens with one attached hydrogen (secondary N) is 1. The lowest BCUT2D eigenvalue weighted by molar-refractivity contribution is -0.385. The van der Waals surface area contributed by atoms with Gasteiger partial charge in [0, 0.05) is 12.1 Å². The minimum atomic E-state index is -0.505. The number of benzene rings is 1. The Bertz CT molecular complexity index is 730. The van der Waals surface area contributed by atoms with Gasteiger partial charge in [-0.3, -0.25) is 19.6 Å². The van der Waals surface area contributed by atoms with Crippen molar-refractivity contribution in [3.05, 3.63) is 50.2 Å². The third kappa shape index (κ3) is 3.75. The zero-order chi connectivity index (χ0) is 16.3. The van der Waals surface area contributed by atoms with Crippen molar-refractivity contribution < 1.29 is 9.72 Å². The molecule has 9 heteroatoms. The molecule has 0 saturated carbocycles. The average Bonchev–Trinajstić information content (AvgIpc) is 2.82. The molecule has 1 aromatic carbocycles. The first-order chi connectivity index (χ1) is 10.4. The molecule has 2 rings (SSSR count). The fourth-order valence-corrected chi connectivity index (χ4v) is 2.14. The Morgan fingerprint density at radius 2 is 2.14 bits per heavy atom. The molecule has 1 aromatic heterocycles. The Labute approximate surface area is 136 Å². The van der Waals surface area contributed by atoms with Crippen molar-refractivity contribution in [2.45, 2.75) is 19.9 Å². The summed E-state index contributed by atoms with van der Waals surface area (Å²) in [6, 6.07) is 4.77. The summed E-state index contributed by atoms with van der Waals surface area (Å²) in [5.41, 5.74) is 0.875. The van der Waals surface area contributed by atoms with Crippen molar-refractivity contribution in [2.24, 2.45) is 0 Å². The van der Waals surface area contributed by atoms with Crippen LogP contribution >= 0.6 is 23.2 Å². The van der Waals surface area contributed by atoms with Gasteiger partial charge >= 0.3 is 5.69 Å². The van der Waals surface area contributed by atoms with Crippen LogP contribution in [0.4, 0.5) is 11.4 Å². The predicted octanol–water partition coefficient (Wildman–Crippen LogP) is 3.44. The first-order valence-corrected chi connectivity index (χ1v) is 7.06. The minimum Gasteiger partial charge on any atom is -0.326 e. The Morgan fingerprint density at radius 3 is 2.73 bits per heavy atom. The van der Waals surface area contributed by atoms with Gasteiger partial charge in [-0.25, -0.2) is 0 Å². The maximum Gasteiger partial charge on any atom is 0.309 e. The molecule has 1 heterocycles. The molecule has 0 spiro atoms. The minimum absolute atomic E-state index is 0.0649. The fourth-order valence-electron chi connectivity index (χ4n) is 1.85. The summed E-state index contributed by atoms with van der Waals surface area (Å²) in [6.45, 7) is 1.83. The van der Waals surface area contributed by atoms with E-state index in [-0.39, 0.29) is 24.6 Å². The number of rotatable bonds is 5. The summed E-state index contributed by atoms with van der Waals surface area (Å²) in [5.74, 6) is -0.254. The van der Waals surface area contributed by atoms with E-state index < -0.39 is 4.92 Å². The maximum absolute atomic E-state index is 11.9. The summed E-state index contributed by atoms with van der Waals surface area (Å²) < 4.78 is 1.42. The van der Waals surface area contributed by atoms with E-state index in [1.807, 2.05) is 0 Å². The quantitative estimate of drug-likeness (QED) is 0.665. The normalized spacial score (nSPS) is 10.5. The molecular formula is C13H12Cl2N4O3. The molecule has 0 unspecified atom stereocenters. The Hall–Kier alpha value is -2.12. The van der Waals surface area contributed by atoms with E-state index in [0.29, 0.717) is 21.4 Å². The van der Waals surface area contributed by atoms with E-state index in [1.165, 1.54) is 10.9 Å². The van der Waals surface area contributed by atoms with Crippen LogP contribution in [-0.2, 0) is 11.3 Å². The topological polar surface area (TPSA) is 90.1 Å². The van der Waals surface area contributed by atoms with Gasteiger partial charge in [0.25, 0.3) is 0 Å². The molecule has 0 aliphatic heterocycles. The number of hydrogen-bond acceptors (Lipinski definition) is 4. The van der Waals surface area contributed by atoms with Crippen LogP contribution in [0.5, 0.6) is 0 Å². The van der Waals surface area contributed by atoms with E-state index >= 15 is 0 Å². The SMILES string of the molecule is Cc1c([N+](=O)[O-])cnn1CCC(=O)Nc1ccc(Cl)c(Cl)c1. The largest absolute Gasteiger partial charge is 0.326 e. The van der Waals surface area contributed by atoms with E-state index in [4.69, 9.17) is 23.2 Å². The van der Waals surface area contributed by atoms with Crippen molar-refractivity contribution in [3.63, 3.8) is 0 Å². The van der Waals surface area contributed by atoms with Crippen molar-refractivity contribution in [3.8, 4) is 0 Å². The molecule has 0 bridgehead atoms. The van der Waals surface area contributed by atoms with Crippen LogP contribution in [0.25, 0.3) is 0 Å². The highest BCUT2D eigenvalue weighted by atomic mass is 35.5. The maximum atomic E-state index is 11.9. The number of carbonyl (C=O) groups excluding carboxylic acids is 1. The van der Waals surface area contributed by atoms with Gasteiger partial charge in [-0.1, -0.05) is 23.2 Å². The van der Waals surface area contributed by atoms with Crippen LogP contribution < -0.4 is 5.32 Å². The summed E-state index contributed by atoms with van der Waals surface area (Å²) in [7, 11) is 0. The molecule has 1 N–H and O–H groups in total. The number of anilines is 1. The molecule has 22 heavy (non-hydrogen) atoms. The van der Waals surface area contributed by atoms with Gasteiger partial charge in [-0.15, -0.1) is 0 Å². The summed E-state index contributed by atoms with van der Waals surface area (Å²) in [5, 5.41) is 18.0. The van der Waals surface area contributed by atoms with Gasteiger partial charge in [0.15, 0.2) is 0 Å². The van der Waals surface area contributed by atoms with Crippen molar-refractivity contribution in [1.29, 1.82) is 0 Å². The van der Waals surface area contributed by atoms with E-state index in [1.54, 1.807) is 25.1 Å². The lowest BCUT2D eigenvalue weighted by Gasteiger charge is -2.07. The van der Waals surface area contributed by atoms with Crippen LogP contribution in [0.15, 0.2) is 24.4 Å². The highest BCUT2D eigenvalue weighted by Crippen LogP contribution is 2.25. The van der Waals surface area contributed by atoms with Crippen LogP contribution in [0.1, 0.15) is 12.1 Å². The van der Waals surface area contributed by atoms with Gasteiger partial charge in [-0.2, -0.15) is 5.10 Å². The number of aryl methyl sites for hydroxylation is 1. The smallest absolute Gasteiger partial charge is 0.309 e. The van der Waals surface area contributed by atoms with Crippen LogP contribution in [0.2, 0.25) is 10.0 Å². The second-order valence-electron chi connectivity index (χ2n) is 4.52. The summed E-state index contributed by atoms with van der Waals surface area (Å²) in [6.07, 6.45) is 1.30. The molecule has 1 amide bonds. The zero-order valence-corrected chi connectivity index (χ0v) is 13.1. The van der Waals surface area contributed by atoms with Crippen molar-refractivity contribution in [2.75, 3.05) is 5.32 Å². The molecule has 116 valence electrons. The lowest BCUT2D eigenvalue weighted by atomic mass is 10.3. The number of amides is 1. The van der Waals surface area contributed by atoms with Crippen molar-refractivity contribution >= 4 is 40.5 Å². The summed E-state index contributed by atoms with van der Waals surface area (Å²) >= 11 is 11.7. The first-order valence-electron chi connectivity index (χ1n) is 6.30. The number of nitrogens with zero attached hydrogens (tertiary/aromatic N) is 3. The van der Waals surface area contributed by atoms with Gasteiger partial charge in [0.05, 0.1) is 21.5 Å². The molecule has 0 atom stereocenters. The average molecular weight is 343 g/mol. The van der Waals surface area contributed by atoms with E-state index in [0.717, 1.165) is 0 Å². The Kier molecular flexibility index (Phi) is 4.99. The first kappa shape index (κ1) is 16.3. The molecule has 7 nitrogen and oxygen atoms in total. The molecule has 0 radical (unpaired) electrons. The van der Waals surface area contributed by atoms with Gasteiger partial charge < -0.3 is 5.32 Å². The van der Waals surface area contributed by atoms with Gasteiger partial charge in [0.1, 0.15) is 11.9 Å². The third-order valence-electron chi connectivity index (χ3n) is 3.03. The molecule has 0 aliphatic carbocycles. The summed E-state index contributed by atoms with van der Waals surface area (Å²) in [4.78, 5) is 22.1. The molecular weight excluding hydrogens is 331 g/mol. The Balaban J connectivity index is 1.95. The molecule has 0 aliphatic rings. The van der Waals surface area contributed by atoms with Gasteiger partial charge in [0.2, 0.25) is 5.91 Å². The fraction of sp³-hybridized carbons (Fsp3) is 0.231. The van der Waals surface area contributed by atoms with E-state index in [2.05, 4.69) is 10.4 Å². The lowest BCUT2D eigenvalue weighted by Crippen LogP contribution is -2.15. The standard InChI is InChI=1S/C13H12Cl2N4O3/c1-8-12(19(21)22)7-16-18(8)5-4-13(20)17-9-2-3-10(14)11(15)6-9/h2-3,6-7H,4-5H2,1H3,(H,17,20). The van der Waals surface area contributed by atoms with Crippen molar-refractivity contribution in [1.82, 2.24) is 9.78 Å².